The fraction of sp³-hybridized carbons (Fsp3) is 0.667. The lowest BCUT2D eigenvalue weighted by molar-refractivity contribution is -0.149. The van der Waals surface area contributed by atoms with Crippen LogP contribution in [0.4, 0.5) is 0 Å². The average Bonchev–Trinajstić information content (AvgIpc) is 2.68. The molecule has 1 saturated heterocycles. The molecule has 2 aliphatic rings. The maximum absolute atomic E-state index is 11.9. The predicted molar refractivity (Wildman–Crippen MR) is 63.0 cm³/mol. The Morgan fingerprint density at radius 1 is 1.53 bits per heavy atom. The van der Waals surface area contributed by atoms with Gasteiger partial charge < -0.3 is 14.7 Å². The first-order chi connectivity index (χ1) is 7.81. The minimum Gasteiger partial charge on any atom is -0.509 e. The summed E-state index contributed by atoms with van der Waals surface area (Å²) in [5.74, 6) is -0.504. The number of carbonyl (C=O) groups excluding carboxylic acids is 1. The van der Waals surface area contributed by atoms with Crippen molar-refractivity contribution in [3.63, 3.8) is 0 Å². The van der Waals surface area contributed by atoms with Crippen LogP contribution in [-0.4, -0.2) is 40.0 Å². The molecule has 0 radical (unpaired) electrons. The number of aliphatic hydroxyl groups excluding tert-OH is 1. The van der Waals surface area contributed by atoms with E-state index in [1.807, 2.05) is 0 Å². The molecule has 2 aliphatic heterocycles. The van der Waals surface area contributed by atoms with Gasteiger partial charge in [0.15, 0.2) is 0 Å². The Hall–Kier alpha value is -1.52. The Kier molecular flexibility index (Phi) is 2.64. The summed E-state index contributed by atoms with van der Waals surface area (Å²) in [7, 11) is 0. The number of esters is 1. The summed E-state index contributed by atoms with van der Waals surface area (Å²) in [4.78, 5) is 13.7. The van der Waals surface area contributed by atoms with E-state index in [-0.39, 0.29) is 23.2 Å². The fourth-order valence-corrected chi connectivity index (χ4v) is 2.28. The minimum absolute atomic E-state index is 0.00162. The van der Waals surface area contributed by atoms with Crippen molar-refractivity contribution in [1.82, 2.24) is 4.90 Å². The summed E-state index contributed by atoms with van der Waals surface area (Å²) in [5.41, 5.74) is -0.581. The third-order valence-corrected chi connectivity index (χ3v) is 2.95. The van der Waals surface area contributed by atoms with Crippen molar-refractivity contribution >= 4 is 11.8 Å². The Labute approximate surface area is 101 Å². The molecule has 0 saturated carbocycles. The molecule has 0 unspecified atom stereocenters. The van der Waals surface area contributed by atoms with Gasteiger partial charge in [-0.05, 0) is 33.6 Å². The average molecular weight is 238 g/mol. The smallest absolute Gasteiger partial charge is 0.345 e. The van der Waals surface area contributed by atoms with E-state index in [4.69, 9.17) is 10.1 Å². The van der Waals surface area contributed by atoms with Gasteiger partial charge in [0, 0.05) is 6.54 Å². The quantitative estimate of drug-likeness (QED) is 0.680. The third-order valence-electron chi connectivity index (χ3n) is 2.95. The van der Waals surface area contributed by atoms with Gasteiger partial charge in [0.05, 0.1) is 6.04 Å². The summed E-state index contributed by atoms with van der Waals surface area (Å²) in [5, 5.41) is 17.9. The summed E-state index contributed by atoms with van der Waals surface area (Å²) in [6.07, 6.45) is 1.74. The molecule has 0 aromatic rings. The highest BCUT2D eigenvalue weighted by Crippen LogP contribution is 2.33. The number of ether oxygens (including phenoxy) is 1. The molecular formula is C12H18N2O3. The molecule has 2 heterocycles. The zero-order valence-corrected chi connectivity index (χ0v) is 10.4. The van der Waals surface area contributed by atoms with Crippen LogP contribution in [0.5, 0.6) is 0 Å². The monoisotopic (exact) mass is 238 g/mol. The normalized spacial score (nSPS) is 24.3. The summed E-state index contributed by atoms with van der Waals surface area (Å²) < 4.78 is 5.20. The van der Waals surface area contributed by atoms with E-state index < -0.39 is 11.6 Å². The Morgan fingerprint density at radius 3 is 2.71 bits per heavy atom. The van der Waals surface area contributed by atoms with Gasteiger partial charge in [-0.15, -0.1) is 0 Å². The molecule has 1 fully saturated rings. The Morgan fingerprint density at radius 2 is 2.18 bits per heavy atom. The molecule has 0 bridgehead atoms. The minimum atomic E-state index is -0.613. The van der Waals surface area contributed by atoms with Gasteiger partial charge in [0.25, 0.3) is 0 Å². The first-order valence-electron chi connectivity index (χ1n) is 5.83. The zero-order chi connectivity index (χ0) is 12.8. The van der Waals surface area contributed by atoms with Crippen LogP contribution in [0.1, 0.15) is 33.6 Å². The molecule has 17 heavy (non-hydrogen) atoms. The molecule has 0 spiro atoms. The molecular weight excluding hydrogens is 220 g/mol. The van der Waals surface area contributed by atoms with Crippen molar-refractivity contribution in [2.24, 2.45) is 0 Å². The SMILES string of the molecule is CC(C)(C)OC(=O)C1=C(O)[C@@H]2CCCN2C1=N. The van der Waals surface area contributed by atoms with Crippen LogP contribution in [0.2, 0.25) is 0 Å². The standard InChI is InChI=1S/C12H18N2O3/c1-12(2,3)17-11(16)8-9(15)7-5-4-6-14(7)10(8)13/h7,13,15H,4-6H2,1-3H3/t7-/m0/s1. The van der Waals surface area contributed by atoms with Crippen LogP contribution in [0.25, 0.3) is 0 Å². The van der Waals surface area contributed by atoms with Crippen LogP contribution in [-0.2, 0) is 9.53 Å². The van der Waals surface area contributed by atoms with E-state index in [0.29, 0.717) is 0 Å². The second-order valence-electron chi connectivity index (χ2n) is 5.46. The number of aliphatic hydroxyl groups is 1. The molecule has 5 heteroatoms. The van der Waals surface area contributed by atoms with Crippen molar-refractivity contribution < 1.29 is 14.6 Å². The van der Waals surface area contributed by atoms with Crippen molar-refractivity contribution in [3.8, 4) is 0 Å². The van der Waals surface area contributed by atoms with E-state index in [1.54, 1.807) is 25.7 Å². The highest BCUT2D eigenvalue weighted by molar-refractivity contribution is 6.20. The molecule has 5 nitrogen and oxygen atoms in total. The molecule has 2 rings (SSSR count). The van der Waals surface area contributed by atoms with E-state index in [2.05, 4.69) is 0 Å². The summed E-state index contributed by atoms with van der Waals surface area (Å²) in [6.45, 7) is 6.02. The Balaban J connectivity index is 2.23. The fourth-order valence-electron chi connectivity index (χ4n) is 2.28. The van der Waals surface area contributed by atoms with Crippen molar-refractivity contribution in [2.75, 3.05) is 6.54 Å². The maximum atomic E-state index is 11.9. The van der Waals surface area contributed by atoms with Gasteiger partial charge >= 0.3 is 5.97 Å². The predicted octanol–water partition coefficient (Wildman–Crippen LogP) is 1.60. The molecule has 94 valence electrons. The lowest BCUT2D eigenvalue weighted by atomic mass is 10.1. The number of nitrogens with one attached hydrogen (secondary N) is 1. The summed E-state index contributed by atoms with van der Waals surface area (Å²) >= 11 is 0. The van der Waals surface area contributed by atoms with Gasteiger partial charge in [-0.25, -0.2) is 4.79 Å². The van der Waals surface area contributed by atoms with Crippen LogP contribution >= 0.6 is 0 Å². The second-order valence-corrected chi connectivity index (χ2v) is 5.46. The number of rotatable bonds is 1. The lowest BCUT2D eigenvalue weighted by Crippen LogP contribution is -2.32. The topological polar surface area (TPSA) is 73.6 Å². The molecule has 0 aromatic carbocycles. The van der Waals surface area contributed by atoms with E-state index >= 15 is 0 Å². The number of fused-ring (bicyclic) bond motifs is 1. The van der Waals surface area contributed by atoms with E-state index in [9.17, 15) is 9.90 Å². The summed E-state index contributed by atoms with van der Waals surface area (Å²) in [6, 6.07) is -0.190. The molecule has 1 atom stereocenters. The number of amidine groups is 1. The molecule has 0 amide bonds. The molecule has 0 aromatic heterocycles. The highest BCUT2D eigenvalue weighted by Gasteiger charge is 2.43. The number of nitrogens with zero attached hydrogens (tertiary/aromatic N) is 1. The molecule has 0 aliphatic carbocycles. The molecule has 2 N–H and O–H groups in total. The van der Waals surface area contributed by atoms with E-state index in [0.717, 1.165) is 19.4 Å². The Bertz CT molecular complexity index is 406. The van der Waals surface area contributed by atoms with Crippen molar-refractivity contribution in [1.29, 1.82) is 5.41 Å². The van der Waals surface area contributed by atoms with Crippen LogP contribution in [0.15, 0.2) is 11.3 Å². The number of hydrogen-bond acceptors (Lipinski definition) is 4. The first kappa shape index (κ1) is 12.0. The van der Waals surface area contributed by atoms with Gasteiger partial charge in [0.2, 0.25) is 0 Å². The van der Waals surface area contributed by atoms with Gasteiger partial charge in [-0.1, -0.05) is 0 Å². The maximum Gasteiger partial charge on any atom is 0.345 e. The van der Waals surface area contributed by atoms with Crippen LogP contribution < -0.4 is 0 Å². The van der Waals surface area contributed by atoms with Gasteiger partial charge in [-0.3, -0.25) is 5.41 Å². The number of carbonyl (C=O) groups is 1. The largest absolute Gasteiger partial charge is 0.509 e. The van der Waals surface area contributed by atoms with E-state index in [1.165, 1.54) is 0 Å². The van der Waals surface area contributed by atoms with Crippen molar-refractivity contribution in [2.45, 2.75) is 45.3 Å². The van der Waals surface area contributed by atoms with Crippen LogP contribution in [0, 0.1) is 5.41 Å². The zero-order valence-electron chi connectivity index (χ0n) is 10.4. The van der Waals surface area contributed by atoms with Gasteiger partial charge in [-0.2, -0.15) is 0 Å². The highest BCUT2D eigenvalue weighted by atomic mass is 16.6. The lowest BCUT2D eigenvalue weighted by Gasteiger charge is -2.20. The van der Waals surface area contributed by atoms with Crippen molar-refractivity contribution in [3.05, 3.63) is 11.3 Å². The third kappa shape index (κ3) is 2.01. The second kappa shape index (κ2) is 3.75. The van der Waals surface area contributed by atoms with Gasteiger partial charge in [0.1, 0.15) is 22.8 Å². The number of hydrogen-bond donors (Lipinski definition) is 2. The van der Waals surface area contributed by atoms with Crippen LogP contribution in [0.3, 0.4) is 0 Å². The first-order valence-corrected chi connectivity index (χ1v) is 5.83.